The van der Waals surface area contributed by atoms with Gasteiger partial charge in [0, 0.05) is 35.9 Å². The largest absolute Gasteiger partial charge is 0.497 e. The van der Waals surface area contributed by atoms with Gasteiger partial charge >= 0.3 is 0 Å². The summed E-state index contributed by atoms with van der Waals surface area (Å²) in [5, 5.41) is 6.17. The van der Waals surface area contributed by atoms with Crippen LogP contribution in [-0.2, 0) is 17.9 Å². The number of carbonyl (C=O) groups excluding carboxylic acids is 1. The lowest BCUT2D eigenvalue weighted by Crippen LogP contribution is -2.30. The van der Waals surface area contributed by atoms with E-state index in [1.165, 1.54) is 0 Å². The molecule has 6 heteroatoms. The van der Waals surface area contributed by atoms with Gasteiger partial charge in [-0.15, -0.1) is 11.3 Å². The van der Waals surface area contributed by atoms with Gasteiger partial charge in [-0.05, 0) is 41.8 Å². The molecule has 0 fully saturated rings. The number of aryl methyl sites for hydroxylation is 1. The highest BCUT2D eigenvalue weighted by molar-refractivity contribution is 7.09. The number of amides is 1. The molecule has 5 nitrogen and oxygen atoms in total. The minimum absolute atomic E-state index is 0.0732. The van der Waals surface area contributed by atoms with Gasteiger partial charge in [0.2, 0.25) is 5.91 Å². The lowest BCUT2D eigenvalue weighted by Gasteiger charge is -2.22. The topological polar surface area (TPSA) is 47.4 Å². The zero-order chi connectivity index (χ0) is 16.8. The molecule has 0 aliphatic rings. The fourth-order valence-corrected chi connectivity index (χ4v) is 3.11. The van der Waals surface area contributed by atoms with E-state index in [1.54, 1.807) is 29.3 Å². The number of methoxy groups -OCH3 is 1. The standard InChI is InChI=1S/C18H19N3O2S/c1-23-16-7-5-15(6-8-16)21(14-17-4-2-13-24-17)18(22)9-12-20-11-3-10-19-20/h2-8,10-11,13H,9,12,14H2,1H3. The van der Waals surface area contributed by atoms with Gasteiger partial charge in [-0.25, -0.2) is 0 Å². The number of hydrogen-bond acceptors (Lipinski definition) is 4. The molecule has 3 aromatic rings. The third-order valence-corrected chi connectivity index (χ3v) is 4.55. The summed E-state index contributed by atoms with van der Waals surface area (Å²) in [6.45, 7) is 1.14. The number of thiophene rings is 1. The second-order valence-electron chi connectivity index (χ2n) is 5.28. The molecule has 0 N–H and O–H groups in total. The van der Waals surface area contributed by atoms with Crippen LogP contribution in [-0.4, -0.2) is 22.8 Å². The molecule has 0 spiro atoms. The first-order chi connectivity index (χ1) is 11.8. The Hall–Kier alpha value is -2.60. The number of ether oxygens (including phenoxy) is 1. The summed E-state index contributed by atoms with van der Waals surface area (Å²) in [7, 11) is 1.63. The van der Waals surface area contributed by atoms with E-state index in [9.17, 15) is 4.79 Å². The molecular weight excluding hydrogens is 322 g/mol. The van der Waals surface area contributed by atoms with Crippen LogP contribution in [0.3, 0.4) is 0 Å². The van der Waals surface area contributed by atoms with Crippen molar-refractivity contribution in [3.05, 3.63) is 65.1 Å². The fourth-order valence-electron chi connectivity index (χ4n) is 2.42. The first-order valence-electron chi connectivity index (χ1n) is 7.70. The second kappa shape index (κ2) is 7.79. The normalized spacial score (nSPS) is 10.5. The van der Waals surface area contributed by atoms with Crippen LogP contribution in [0.15, 0.2) is 60.2 Å². The van der Waals surface area contributed by atoms with E-state index >= 15 is 0 Å². The number of hydrogen-bond donors (Lipinski definition) is 0. The van der Waals surface area contributed by atoms with Crippen LogP contribution in [0.25, 0.3) is 0 Å². The van der Waals surface area contributed by atoms with E-state index in [0.29, 0.717) is 19.5 Å². The van der Waals surface area contributed by atoms with Crippen molar-refractivity contribution < 1.29 is 9.53 Å². The summed E-state index contributed by atoms with van der Waals surface area (Å²) < 4.78 is 6.97. The Bertz CT molecular complexity index is 752. The van der Waals surface area contributed by atoms with Gasteiger partial charge in [0.1, 0.15) is 5.75 Å². The maximum atomic E-state index is 12.8. The van der Waals surface area contributed by atoms with Crippen molar-refractivity contribution in [1.82, 2.24) is 9.78 Å². The predicted molar refractivity (Wildman–Crippen MR) is 95.3 cm³/mol. The number of carbonyl (C=O) groups is 1. The zero-order valence-corrected chi connectivity index (χ0v) is 14.3. The summed E-state index contributed by atoms with van der Waals surface area (Å²) in [6.07, 6.45) is 3.99. The highest BCUT2D eigenvalue weighted by atomic mass is 32.1. The zero-order valence-electron chi connectivity index (χ0n) is 13.5. The molecule has 0 radical (unpaired) electrons. The van der Waals surface area contributed by atoms with Crippen molar-refractivity contribution in [3.8, 4) is 5.75 Å². The number of rotatable bonds is 7. The van der Waals surface area contributed by atoms with Gasteiger partial charge in [-0.1, -0.05) is 6.07 Å². The number of nitrogens with zero attached hydrogens (tertiary/aromatic N) is 3. The van der Waals surface area contributed by atoms with Crippen molar-refractivity contribution in [2.45, 2.75) is 19.5 Å². The maximum absolute atomic E-state index is 12.8. The molecule has 2 aromatic heterocycles. The molecule has 0 saturated heterocycles. The Morgan fingerprint density at radius 2 is 2.08 bits per heavy atom. The van der Waals surface area contributed by atoms with Gasteiger partial charge in [0.05, 0.1) is 13.7 Å². The smallest absolute Gasteiger partial charge is 0.229 e. The monoisotopic (exact) mass is 341 g/mol. The summed E-state index contributed by atoms with van der Waals surface area (Å²) >= 11 is 1.65. The SMILES string of the molecule is COc1ccc(N(Cc2cccs2)C(=O)CCn2cccn2)cc1. The minimum Gasteiger partial charge on any atom is -0.497 e. The average Bonchev–Trinajstić information content (AvgIpc) is 3.31. The molecule has 2 heterocycles. The van der Waals surface area contributed by atoms with Crippen molar-refractivity contribution in [3.63, 3.8) is 0 Å². The quantitative estimate of drug-likeness (QED) is 0.660. The van der Waals surface area contributed by atoms with E-state index in [0.717, 1.165) is 16.3 Å². The Morgan fingerprint density at radius 1 is 1.25 bits per heavy atom. The maximum Gasteiger partial charge on any atom is 0.229 e. The van der Waals surface area contributed by atoms with Crippen LogP contribution in [0.5, 0.6) is 5.75 Å². The summed E-state index contributed by atoms with van der Waals surface area (Å²) in [4.78, 5) is 15.7. The molecule has 0 bridgehead atoms. The van der Waals surface area contributed by atoms with Crippen LogP contribution in [0.4, 0.5) is 5.69 Å². The van der Waals surface area contributed by atoms with Crippen LogP contribution in [0, 0.1) is 0 Å². The number of anilines is 1. The van der Waals surface area contributed by atoms with Gasteiger partial charge in [-0.3, -0.25) is 9.48 Å². The molecule has 124 valence electrons. The fraction of sp³-hybridized carbons (Fsp3) is 0.222. The summed E-state index contributed by atoms with van der Waals surface area (Å²) in [5.41, 5.74) is 0.870. The van der Waals surface area contributed by atoms with E-state index < -0.39 is 0 Å². The third-order valence-electron chi connectivity index (χ3n) is 3.69. The Morgan fingerprint density at radius 3 is 2.71 bits per heavy atom. The molecule has 1 amide bonds. The van der Waals surface area contributed by atoms with Gasteiger partial charge in [0.15, 0.2) is 0 Å². The Balaban J connectivity index is 1.76. The lowest BCUT2D eigenvalue weighted by molar-refractivity contribution is -0.119. The van der Waals surface area contributed by atoms with E-state index in [2.05, 4.69) is 5.10 Å². The van der Waals surface area contributed by atoms with Gasteiger partial charge in [0.25, 0.3) is 0 Å². The molecular formula is C18H19N3O2S. The first-order valence-corrected chi connectivity index (χ1v) is 8.58. The molecule has 1 aromatic carbocycles. The lowest BCUT2D eigenvalue weighted by atomic mass is 10.2. The van der Waals surface area contributed by atoms with E-state index in [1.807, 2.05) is 58.9 Å². The second-order valence-corrected chi connectivity index (χ2v) is 6.31. The molecule has 24 heavy (non-hydrogen) atoms. The number of benzene rings is 1. The van der Waals surface area contributed by atoms with Gasteiger partial charge in [-0.2, -0.15) is 5.10 Å². The minimum atomic E-state index is 0.0732. The highest BCUT2D eigenvalue weighted by Crippen LogP contribution is 2.23. The molecule has 3 rings (SSSR count). The van der Waals surface area contributed by atoms with Gasteiger partial charge < -0.3 is 9.64 Å². The predicted octanol–water partition coefficient (Wildman–Crippen LogP) is 3.58. The van der Waals surface area contributed by atoms with E-state index in [4.69, 9.17) is 4.74 Å². The molecule has 0 aliphatic carbocycles. The van der Waals surface area contributed by atoms with Crippen molar-refractivity contribution in [2.24, 2.45) is 0 Å². The third kappa shape index (κ3) is 4.02. The van der Waals surface area contributed by atoms with Crippen molar-refractivity contribution >= 4 is 22.9 Å². The average molecular weight is 341 g/mol. The van der Waals surface area contributed by atoms with Crippen LogP contribution < -0.4 is 9.64 Å². The molecule has 0 saturated carbocycles. The van der Waals surface area contributed by atoms with Crippen molar-refractivity contribution in [1.29, 1.82) is 0 Å². The van der Waals surface area contributed by atoms with Crippen LogP contribution in [0.1, 0.15) is 11.3 Å². The first kappa shape index (κ1) is 16.3. The highest BCUT2D eigenvalue weighted by Gasteiger charge is 2.17. The van der Waals surface area contributed by atoms with Crippen LogP contribution in [0.2, 0.25) is 0 Å². The Labute approximate surface area is 145 Å². The molecule has 0 atom stereocenters. The summed E-state index contributed by atoms with van der Waals surface area (Å²) in [5.74, 6) is 0.850. The van der Waals surface area contributed by atoms with E-state index in [-0.39, 0.29) is 5.91 Å². The van der Waals surface area contributed by atoms with Crippen LogP contribution >= 0.6 is 11.3 Å². The Kier molecular flexibility index (Phi) is 5.28. The van der Waals surface area contributed by atoms with Crippen molar-refractivity contribution in [2.75, 3.05) is 12.0 Å². The summed E-state index contributed by atoms with van der Waals surface area (Å²) in [6, 6.07) is 13.5. The number of aromatic nitrogens is 2. The molecule has 0 aliphatic heterocycles. The molecule has 0 unspecified atom stereocenters.